The topological polar surface area (TPSA) is 0 Å². The molecule has 0 heterocycles. The number of hydrogen-bond donors (Lipinski definition) is 0. The van der Waals surface area contributed by atoms with Crippen molar-refractivity contribution in [2.24, 2.45) is 0 Å². The first kappa shape index (κ1) is 31.1. The molecule has 0 saturated heterocycles. The molecule has 0 radical (unpaired) electrons. The van der Waals surface area contributed by atoms with Crippen LogP contribution in [0.1, 0.15) is 0 Å². The molecule has 0 atom stereocenters. The Labute approximate surface area is 324 Å². The van der Waals surface area contributed by atoms with Crippen molar-refractivity contribution in [2.75, 3.05) is 0 Å². The standard InChI is InChI=1S/C56H34/c1-3-15-43-35(9-1)11-5-17-49(43)51-19-7-13-39-33-41(25-29-45(39)51)47-27-21-37-24-32-54-48(28-22-38-23-31-53(47)55(37)56(38)54)42-26-30-46-40(34-42)14-8-20-52(46)50-18-6-12-36-10-2-4-16-44(36)50/h1-34H. The van der Waals surface area contributed by atoms with Gasteiger partial charge in [0.05, 0.1) is 0 Å². The Morgan fingerprint density at radius 3 is 0.964 bits per heavy atom. The smallest absolute Gasteiger partial charge is 0.00203 e. The van der Waals surface area contributed by atoms with Crippen LogP contribution in [0, 0.1) is 0 Å². The maximum atomic E-state index is 2.38. The molecule has 12 aromatic rings. The van der Waals surface area contributed by atoms with E-state index in [-0.39, 0.29) is 0 Å². The first-order valence-corrected chi connectivity index (χ1v) is 19.5. The lowest BCUT2D eigenvalue weighted by Gasteiger charge is -2.17. The Kier molecular flexibility index (Phi) is 6.73. The lowest BCUT2D eigenvalue weighted by molar-refractivity contribution is 1.66. The quantitative estimate of drug-likeness (QED) is 0.160. The number of fused-ring (bicyclic) bond motifs is 4. The van der Waals surface area contributed by atoms with E-state index in [2.05, 4.69) is 206 Å². The van der Waals surface area contributed by atoms with Crippen LogP contribution in [0.4, 0.5) is 0 Å². The maximum absolute atomic E-state index is 2.38. The molecule has 0 saturated carbocycles. The lowest BCUT2D eigenvalue weighted by Crippen LogP contribution is -1.90. The summed E-state index contributed by atoms with van der Waals surface area (Å²) in [6.07, 6.45) is 0. The Hall–Kier alpha value is -7.28. The zero-order valence-electron chi connectivity index (χ0n) is 30.6. The van der Waals surface area contributed by atoms with Gasteiger partial charge in [0, 0.05) is 0 Å². The molecule has 56 heavy (non-hydrogen) atoms. The van der Waals surface area contributed by atoms with E-state index in [0.717, 1.165) is 0 Å². The Balaban J connectivity index is 0.997. The minimum Gasteiger partial charge on any atom is -0.0616 e. The van der Waals surface area contributed by atoms with Crippen LogP contribution in [0.2, 0.25) is 0 Å². The first-order chi connectivity index (χ1) is 27.8. The molecule has 0 spiro atoms. The highest BCUT2D eigenvalue weighted by Gasteiger charge is 2.17. The fourth-order valence-electron chi connectivity index (χ4n) is 9.60. The van der Waals surface area contributed by atoms with Crippen molar-refractivity contribution in [3.05, 3.63) is 206 Å². The van der Waals surface area contributed by atoms with Gasteiger partial charge in [0.1, 0.15) is 0 Å². The molecule has 0 bridgehead atoms. The van der Waals surface area contributed by atoms with Gasteiger partial charge in [-0.1, -0.05) is 194 Å². The van der Waals surface area contributed by atoms with Gasteiger partial charge in [-0.25, -0.2) is 0 Å². The Bertz CT molecular complexity index is 3280. The highest BCUT2D eigenvalue weighted by molar-refractivity contribution is 6.28. The maximum Gasteiger partial charge on any atom is -0.00203 e. The van der Waals surface area contributed by atoms with E-state index in [0.29, 0.717) is 0 Å². The highest BCUT2D eigenvalue weighted by atomic mass is 14.2. The molecule has 0 aliphatic carbocycles. The number of benzene rings is 12. The van der Waals surface area contributed by atoms with Crippen LogP contribution in [-0.2, 0) is 0 Å². The molecule has 12 rings (SSSR count). The normalized spacial score (nSPS) is 11.9. The van der Waals surface area contributed by atoms with Crippen LogP contribution in [0.5, 0.6) is 0 Å². The van der Waals surface area contributed by atoms with Gasteiger partial charge in [0.25, 0.3) is 0 Å². The molecule has 0 N–H and O–H groups in total. The van der Waals surface area contributed by atoms with Crippen molar-refractivity contribution in [1.82, 2.24) is 0 Å². The van der Waals surface area contributed by atoms with Gasteiger partial charge >= 0.3 is 0 Å². The van der Waals surface area contributed by atoms with E-state index in [1.807, 2.05) is 0 Å². The minimum absolute atomic E-state index is 1.24. The summed E-state index contributed by atoms with van der Waals surface area (Å²) >= 11 is 0. The van der Waals surface area contributed by atoms with Gasteiger partial charge in [0.2, 0.25) is 0 Å². The van der Waals surface area contributed by atoms with Gasteiger partial charge in [-0.3, -0.25) is 0 Å². The summed E-state index contributed by atoms with van der Waals surface area (Å²) in [6.45, 7) is 0. The highest BCUT2D eigenvalue weighted by Crippen LogP contribution is 2.44. The molecule has 12 aromatic carbocycles. The van der Waals surface area contributed by atoms with E-state index in [1.165, 1.54) is 120 Å². The molecule has 0 unspecified atom stereocenters. The second-order valence-corrected chi connectivity index (χ2v) is 15.2. The van der Waals surface area contributed by atoms with E-state index < -0.39 is 0 Å². The van der Waals surface area contributed by atoms with E-state index in [1.54, 1.807) is 0 Å². The molecule has 0 amide bonds. The van der Waals surface area contributed by atoms with Crippen LogP contribution in [0.3, 0.4) is 0 Å². The summed E-state index contributed by atoms with van der Waals surface area (Å²) in [6, 6.07) is 76.6. The Morgan fingerprint density at radius 2 is 0.518 bits per heavy atom. The average Bonchev–Trinajstić information content (AvgIpc) is 3.27. The SMILES string of the molecule is c1ccc2c(-c3cccc4cc(-c5ccc6ccc7c(-c8ccc9c(-c%10cccc%11ccccc%10%11)cccc9c8)ccc8ccc5c6c87)ccc34)cccc2c1. The van der Waals surface area contributed by atoms with E-state index in [4.69, 9.17) is 0 Å². The second-order valence-electron chi connectivity index (χ2n) is 15.2. The summed E-state index contributed by atoms with van der Waals surface area (Å²) in [7, 11) is 0. The van der Waals surface area contributed by atoms with Crippen molar-refractivity contribution in [2.45, 2.75) is 0 Å². The van der Waals surface area contributed by atoms with Gasteiger partial charge < -0.3 is 0 Å². The minimum atomic E-state index is 1.24. The van der Waals surface area contributed by atoms with Crippen molar-refractivity contribution in [3.8, 4) is 44.5 Å². The van der Waals surface area contributed by atoms with Crippen LogP contribution in [0.15, 0.2) is 206 Å². The third-order valence-corrected chi connectivity index (χ3v) is 12.2. The van der Waals surface area contributed by atoms with Crippen molar-refractivity contribution in [1.29, 1.82) is 0 Å². The van der Waals surface area contributed by atoms with E-state index >= 15 is 0 Å². The summed E-state index contributed by atoms with van der Waals surface area (Å²) in [4.78, 5) is 0. The zero-order valence-corrected chi connectivity index (χ0v) is 30.6. The number of rotatable bonds is 4. The predicted molar refractivity (Wildman–Crippen MR) is 242 cm³/mol. The first-order valence-electron chi connectivity index (χ1n) is 19.5. The van der Waals surface area contributed by atoms with Crippen LogP contribution in [0.25, 0.3) is 120 Å². The van der Waals surface area contributed by atoms with E-state index in [9.17, 15) is 0 Å². The molecular weight excluding hydrogens is 673 g/mol. The molecule has 0 nitrogen and oxygen atoms in total. The average molecular weight is 707 g/mol. The third-order valence-electron chi connectivity index (χ3n) is 12.2. The summed E-state index contributed by atoms with van der Waals surface area (Å²) in [5.74, 6) is 0. The zero-order chi connectivity index (χ0) is 36.7. The fraction of sp³-hybridized carbons (Fsp3) is 0. The summed E-state index contributed by atoms with van der Waals surface area (Å²) in [5.41, 5.74) is 10.1. The van der Waals surface area contributed by atoms with Crippen molar-refractivity contribution >= 4 is 75.4 Å². The second kappa shape index (κ2) is 12.1. The predicted octanol–water partition coefficient (Wildman–Crippen LogP) is 15.9. The van der Waals surface area contributed by atoms with Crippen LogP contribution < -0.4 is 0 Å². The molecular formula is C56H34. The lowest BCUT2D eigenvalue weighted by atomic mass is 9.86. The monoisotopic (exact) mass is 706 g/mol. The summed E-state index contributed by atoms with van der Waals surface area (Å²) in [5, 5.41) is 18.0. The van der Waals surface area contributed by atoms with Gasteiger partial charge in [-0.05, 0) is 132 Å². The van der Waals surface area contributed by atoms with Crippen molar-refractivity contribution in [3.63, 3.8) is 0 Å². The summed E-state index contributed by atoms with van der Waals surface area (Å²) < 4.78 is 0. The van der Waals surface area contributed by atoms with Gasteiger partial charge in [-0.2, -0.15) is 0 Å². The third kappa shape index (κ3) is 4.66. The molecule has 0 heteroatoms. The number of hydrogen-bond acceptors (Lipinski definition) is 0. The van der Waals surface area contributed by atoms with Crippen LogP contribution in [-0.4, -0.2) is 0 Å². The molecule has 0 aliphatic heterocycles. The van der Waals surface area contributed by atoms with Crippen molar-refractivity contribution < 1.29 is 0 Å². The molecule has 0 aliphatic rings. The molecule has 258 valence electrons. The Morgan fingerprint density at radius 1 is 0.179 bits per heavy atom. The van der Waals surface area contributed by atoms with Crippen LogP contribution >= 0.6 is 0 Å². The fourth-order valence-corrected chi connectivity index (χ4v) is 9.60. The largest absolute Gasteiger partial charge is 0.0616 e. The van der Waals surface area contributed by atoms with Gasteiger partial charge in [0.15, 0.2) is 0 Å². The van der Waals surface area contributed by atoms with Gasteiger partial charge in [-0.15, -0.1) is 0 Å². The molecule has 0 fully saturated rings. The molecule has 0 aromatic heterocycles.